The monoisotopic (exact) mass is 236 g/mol. The van der Waals surface area contributed by atoms with E-state index in [2.05, 4.69) is 27.4 Å². The van der Waals surface area contributed by atoms with Crippen LogP contribution in [0, 0.1) is 22.7 Å². The molecule has 2 saturated carbocycles. The van der Waals surface area contributed by atoms with Crippen molar-refractivity contribution in [2.24, 2.45) is 22.7 Å². The van der Waals surface area contributed by atoms with E-state index in [4.69, 9.17) is 0 Å². The van der Waals surface area contributed by atoms with Crippen LogP contribution in [0.5, 0.6) is 0 Å². The molecule has 0 amide bonds. The van der Waals surface area contributed by atoms with Gasteiger partial charge >= 0.3 is 0 Å². The highest BCUT2D eigenvalue weighted by molar-refractivity contribution is 5.07. The zero-order valence-electron chi connectivity index (χ0n) is 11.8. The maximum Gasteiger partial charge on any atom is 0.0487 e. The van der Waals surface area contributed by atoms with Gasteiger partial charge in [0.1, 0.15) is 0 Å². The largest absolute Gasteiger partial charge is 0.396 e. The molecule has 1 heteroatoms. The molecule has 2 aliphatic rings. The zero-order valence-corrected chi connectivity index (χ0v) is 11.8. The first-order valence-electron chi connectivity index (χ1n) is 7.17. The standard InChI is InChI=1S/C16H28O/c1-12(2)13-6-9-15(3)7-5-8-16(4,11-17)14(15)10-13/h13-14,17H,1,5-11H2,2-4H3/t13-,14+,15+,16-/m1/s1. The van der Waals surface area contributed by atoms with E-state index in [-0.39, 0.29) is 5.41 Å². The van der Waals surface area contributed by atoms with Gasteiger partial charge in [-0.1, -0.05) is 32.4 Å². The molecule has 1 nitrogen and oxygen atoms in total. The van der Waals surface area contributed by atoms with Crippen molar-refractivity contribution in [1.82, 2.24) is 0 Å². The molecule has 1 N–H and O–H groups in total. The lowest BCUT2D eigenvalue weighted by molar-refractivity contribution is -0.0786. The van der Waals surface area contributed by atoms with E-state index < -0.39 is 0 Å². The smallest absolute Gasteiger partial charge is 0.0487 e. The Morgan fingerprint density at radius 1 is 1.29 bits per heavy atom. The summed E-state index contributed by atoms with van der Waals surface area (Å²) in [6, 6.07) is 0. The second-order valence-corrected chi connectivity index (χ2v) is 7.19. The van der Waals surface area contributed by atoms with Crippen LogP contribution in [0.1, 0.15) is 59.3 Å². The molecule has 17 heavy (non-hydrogen) atoms. The highest BCUT2D eigenvalue weighted by Gasteiger charge is 2.50. The van der Waals surface area contributed by atoms with Gasteiger partial charge in [0.15, 0.2) is 0 Å². The maximum absolute atomic E-state index is 9.81. The third kappa shape index (κ3) is 2.19. The van der Waals surface area contributed by atoms with Gasteiger partial charge < -0.3 is 5.11 Å². The molecule has 0 saturated heterocycles. The van der Waals surface area contributed by atoms with Crippen LogP contribution in [0.25, 0.3) is 0 Å². The Morgan fingerprint density at radius 3 is 2.59 bits per heavy atom. The average molecular weight is 236 g/mol. The van der Waals surface area contributed by atoms with Crippen LogP contribution in [0.4, 0.5) is 0 Å². The van der Waals surface area contributed by atoms with E-state index >= 15 is 0 Å². The highest BCUT2D eigenvalue weighted by Crippen LogP contribution is 2.59. The number of allylic oxidation sites excluding steroid dienone is 1. The van der Waals surface area contributed by atoms with Gasteiger partial charge in [0.25, 0.3) is 0 Å². The summed E-state index contributed by atoms with van der Waals surface area (Å²) < 4.78 is 0. The van der Waals surface area contributed by atoms with Crippen molar-refractivity contribution < 1.29 is 5.11 Å². The van der Waals surface area contributed by atoms with Crippen molar-refractivity contribution in [2.75, 3.05) is 6.61 Å². The van der Waals surface area contributed by atoms with Gasteiger partial charge in [0.2, 0.25) is 0 Å². The van der Waals surface area contributed by atoms with Gasteiger partial charge in [0.05, 0.1) is 0 Å². The van der Waals surface area contributed by atoms with Gasteiger partial charge in [-0.05, 0) is 61.7 Å². The van der Waals surface area contributed by atoms with Gasteiger partial charge in [-0.3, -0.25) is 0 Å². The summed E-state index contributed by atoms with van der Waals surface area (Å²) in [5, 5.41) is 9.81. The van der Waals surface area contributed by atoms with Gasteiger partial charge in [-0.25, -0.2) is 0 Å². The van der Waals surface area contributed by atoms with Crippen LogP contribution in [-0.4, -0.2) is 11.7 Å². The second kappa shape index (κ2) is 4.42. The SMILES string of the molecule is C=C(C)[C@@H]1CC[C@]2(C)CCC[C@](C)(CO)[C@H]2C1. The Labute approximate surface area is 106 Å². The van der Waals surface area contributed by atoms with E-state index in [1.54, 1.807) is 0 Å². The van der Waals surface area contributed by atoms with Crippen molar-refractivity contribution in [2.45, 2.75) is 59.3 Å². The minimum Gasteiger partial charge on any atom is -0.396 e. The van der Waals surface area contributed by atoms with E-state index in [9.17, 15) is 5.11 Å². The fraction of sp³-hybridized carbons (Fsp3) is 0.875. The third-order valence-electron chi connectivity index (χ3n) is 5.82. The minimum absolute atomic E-state index is 0.154. The molecule has 0 bridgehead atoms. The first kappa shape index (κ1) is 13.1. The predicted octanol–water partition coefficient (Wildman–Crippen LogP) is 4.17. The normalized spacial score (nSPS) is 46.4. The summed E-state index contributed by atoms with van der Waals surface area (Å²) in [5.74, 6) is 1.38. The molecular formula is C16H28O. The molecule has 98 valence electrons. The Morgan fingerprint density at radius 2 is 2.00 bits per heavy atom. The Balaban J connectivity index is 2.23. The Bertz CT molecular complexity index is 299. The molecule has 0 aromatic heterocycles. The molecule has 4 atom stereocenters. The van der Waals surface area contributed by atoms with Crippen molar-refractivity contribution in [3.63, 3.8) is 0 Å². The maximum atomic E-state index is 9.81. The molecule has 2 rings (SSSR count). The first-order chi connectivity index (χ1) is 7.91. The van der Waals surface area contributed by atoms with Crippen LogP contribution >= 0.6 is 0 Å². The number of fused-ring (bicyclic) bond motifs is 1. The number of rotatable bonds is 2. The number of hydrogen-bond donors (Lipinski definition) is 1. The number of hydrogen-bond acceptors (Lipinski definition) is 1. The summed E-state index contributed by atoms with van der Waals surface area (Å²) in [6.07, 6.45) is 7.74. The summed E-state index contributed by atoms with van der Waals surface area (Å²) in [4.78, 5) is 0. The molecule has 0 aromatic rings. The van der Waals surface area contributed by atoms with Gasteiger partial charge in [0, 0.05) is 6.61 Å². The Hall–Kier alpha value is -0.300. The summed E-state index contributed by atoms with van der Waals surface area (Å²) in [6.45, 7) is 11.4. The number of aliphatic hydroxyl groups is 1. The highest BCUT2D eigenvalue weighted by atomic mass is 16.3. The lowest BCUT2D eigenvalue weighted by Crippen LogP contribution is -2.48. The zero-order chi connectivity index (χ0) is 12.7. The quantitative estimate of drug-likeness (QED) is 0.714. The molecule has 2 fully saturated rings. The van der Waals surface area contributed by atoms with Crippen molar-refractivity contribution in [3.05, 3.63) is 12.2 Å². The van der Waals surface area contributed by atoms with E-state index in [1.807, 2.05) is 0 Å². The molecule has 0 heterocycles. The summed E-state index contributed by atoms with van der Waals surface area (Å²) >= 11 is 0. The van der Waals surface area contributed by atoms with Gasteiger partial charge in [-0.2, -0.15) is 0 Å². The predicted molar refractivity (Wildman–Crippen MR) is 72.8 cm³/mol. The molecule has 0 aromatic carbocycles. The summed E-state index contributed by atoms with van der Waals surface area (Å²) in [7, 11) is 0. The second-order valence-electron chi connectivity index (χ2n) is 7.19. The average Bonchev–Trinajstić information content (AvgIpc) is 2.28. The van der Waals surface area contributed by atoms with E-state index in [0.29, 0.717) is 23.9 Å². The van der Waals surface area contributed by atoms with Crippen LogP contribution in [0.15, 0.2) is 12.2 Å². The Kier molecular flexibility index (Phi) is 3.42. The molecular weight excluding hydrogens is 208 g/mol. The first-order valence-corrected chi connectivity index (χ1v) is 7.17. The van der Waals surface area contributed by atoms with E-state index in [0.717, 1.165) is 0 Å². The fourth-order valence-corrected chi connectivity index (χ4v) is 4.50. The molecule has 0 radical (unpaired) electrons. The molecule has 0 aliphatic heterocycles. The van der Waals surface area contributed by atoms with Crippen LogP contribution < -0.4 is 0 Å². The summed E-state index contributed by atoms with van der Waals surface area (Å²) in [5.41, 5.74) is 1.97. The van der Waals surface area contributed by atoms with E-state index in [1.165, 1.54) is 44.1 Å². The minimum atomic E-state index is 0.154. The molecule has 2 aliphatic carbocycles. The van der Waals surface area contributed by atoms with Crippen LogP contribution in [0.2, 0.25) is 0 Å². The van der Waals surface area contributed by atoms with Crippen molar-refractivity contribution >= 4 is 0 Å². The van der Waals surface area contributed by atoms with Crippen LogP contribution in [-0.2, 0) is 0 Å². The number of aliphatic hydroxyl groups excluding tert-OH is 1. The van der Waals surface area contributed by atoms with Crippen LogP contribution in [0.3, 0.4) is 0 Å². The molecule has 0 unspecified atom stereocenters. The van der Waals surface area contributed by atoms with Gasteiger partial charge in [-0.15, -0.1) is 0 Å². The topological polar surface area (TPSA) is 20.2 Å². The fourth-order valence-electron chi connectivity index (χ4n) is 4.50. The lowest BCUT2D eigenvalue weighted by Gasteiger charge is -2.56. The lowest BCUT2D eigenvalue weighted by atomic mass is 9.49. The van der Waals surface area contributed by atoms with Crippen molar-refractivity contribution in [3.8, 4) is 0 Å². The van der Waals surface area contributed by atoms with Crippen molar-refractivity contribution in [1.29, 1.82) is 0 Å². The molecule has 0 spiro atoms. The third-order valence-corrected chi connectivity index (χ3v) is 5.82.